The summed E-state index contributed by atoms with van der Waals surface area (Å²) in [7, 11) is 0. The van der Waals surface area contributed by atoms with Crippen LogP contribution in [0.5, 0.6) is 0 Å². The van der Waals surface area contributed by atoms with Crippen LogP contribution in [-0.2, 0) is 23.1 Å². The molecule has 0 fully saturated rings. The van der Waals surface area contributed by atoms with E-state index in [1.54, 1.807) is 0 Å². The molecule has 3 heteroatoms. The fourth-order valence-electron chi connectivity index (χ4n) is 0.478. The van der Waals surface area contributed by atoms with Crippen molar-refractivity contribution in [2.24, 2.45) is 0 Å². The van der Waals surface area contributed by atoms with Crippen molar-refractivity contribution >= 4 is 10.6 Å². The molecule has 0 unspecified atom stereocenters. The minimum atomic E-state index is -0.250. The zero-order valence-corrected chi connectivity index (χ0v) is 8.49. The summed E-state index contributed by atoms with van der Waals surface area (Å²) in [5.74, 6) is 0. The minimum absolute atomic E-state index is 0.250. The topological polar surface area (TPSA) is 37.3 Å². The first-order valence-electron chi connectivity index (χ1n) is 2.76. The summed E-state index contributed by atoms with van der Waals surface area (Å²) < 4.78 is 1.45. The summed E-state index contributed by atoms with van der Waals surface area (Å²) >= 11 is 1.26. The van der Waals surface area contributed by atoms with E-state index in [-0.39, 0.29) is 6.47 Å². The van der Waals surface area contributed by atoms with Crippen LogP contribution in [0.3, 0.4) is 0 Å². The zero-order chi connectivity index (χ0) is 7.82. The molecule has 49 valence electrons. The fraction of sp³-hybridized carbons (Fsp3) is 0. The Morgan fingerprint density at radius 3 is 1.90 bits per heavy atom. The Morgan fingerprint density at radius 2 is 1.70 bits per heavy atom. The van der Waals surface area contributed by atoms with Gasteiger partial charge in [-0.1, -0.05) is 0 Å². The van der Waals surface area contributed by atoms with E-state index in [4.69, 9.17) is 9.90 Å². The molecule has 1 aromatic carbocycles. The predicted octanol–water partition coefficient (Wildman–Crippen LogP) is 0.560. The molecule has 0 amide bonds. The van der Waals surface area contributed by atoms with Crippen LogP contribution >= 0.6 is 0 Å². The Hall–Kier alpha value is -0.687. The van der Waals surface area contributed by atoms with Crippen LogP contribution < -0.4 is 4.16 Å². The Morgan fingerprint density at radius 1 is 1.30 bits per heavy atom. The van der Waals surface area contributed by atoms with E-state index in [0.717, 1.165) is 0 Å². The van der Waals surface area contributed by atoms with Crippen molar-refractivity contribution in [3.63, 3.8) is 0 Å². The third-order valence-corrected chi connectivity index (χ3v) is 1.83. The molecule has 1 rings (SSSR count). The van der Waals surface area contributed by atoms with E-state index in [1.807, 2.05) is 6.07 Å². The number of hydrogen-bond acceptors (Lipinski definition) is 1. The molecule has 0 radical (unpaired) electrons. The van der Waals surface area contributed by atoms with Gasteiger partial charge in [-0.05, 0) is 0 Å². The van der Waals surface area contributed by atoms with Gasteiger partial charge in [-0.3, -0.25) is 4.79 Å². The van der Waals surface area contributed by atoms with E-state index in [9.17, 15) is 0 Å². The molecule has 0 atom stereocenters. The molecule has 0 aromatic heterocycles. The average Bonchev–Trinajstić information content (AvgIpc) is 1.91. The molecule has 1 aromatic rings. The van der Waals surface area contributed by atoms with Gasteiger partial charge in [0.25, 0.3) is 6.47 Å². The van der Waals surface area contributed by atoms with Gasteiger partial charge in [0.15, 0.2) is 0 Å². The van der Waals surface area contributed by atoms with Gasteiger partial charge in [0, 0.05) is 0 Å². The van der Waals surface area contributed by atoms with Gasteiger partial charge in [0.1, 0.15) is 0 Å². The average molecular weight is 189 g/mol. The summed E-state index contributed by atoms with van der Waals surface area (Å²) in [5, 5.41) is 6.89. The van der Waals surface area contributed by atoms with Crippen molar-refractivity contribution in [1.29, 1.82) is 0 Å². The molecule has 0 aliphatic rings. The summed E-state index contributed by atoms with van der Waals surface area (Å²) in [6, 6.07) is 10.5. The number of carbonyl (C=O) groups is 1. The Kier molecular flexibility index (Phi) is 5.99. The second kappa shape index (κ2) is 6.43. The molecule has 0 heterocycles. The quantitative estimate of drug-likeness (QED) is 0.477. The van der Waals surface area contributed by atoms with Crippen molar-refractivity contribution in [3.05, 3.63) is 30.3 Å². The van der Waals surface area contributed by atoms with E-state index < -0.39 is 0 Å². The first-order valence-corrected chi connectivity index (χ1v) is 4.24. The number of hydrogen-bond donors (Lipinski definition) is 1. The molecule has 2 nitrogen and oxygen atoms in total. The van der Waals surface area contributed by atoms with E-state index in [2.05, 4.69) is 24.3 Å². The SMILES string of the molecule is O=CO.[Zn][c]1ccccc1. The molecule has 1 N–H and O–H groups in total. The number of rotatable bonds is 0. The van der Waals surface area contributed by atoms with Gasteiger partial charge in [0.2, 0.25) is 0 Å². The normalized spacial score (nSPS) is 7.40. The van der Waals surface area contributed by atoms with Crippen molar-refractivity contribution in [3.8, 4) is 0 Å². The summed E-state index contributed by atoms with van der Waals surface area (Å²) in [4.78, 5) is 8.36. The first kappa shape index (κ1) is 9.31. The van der Waals surface area contributed by atoms with Gasteiger partial charge in [-0.25, -0.2) is 0 Å². The van der Waals surface area contributed by atoms with Crippen LogP contribution in [0.4, 0.5) is 0 Å². The summed E-state index contributed by atoms with van der Waals surface area (Å²) in [5.41, 5.74) is 0. The molecule has 0 aliphatic carbocycles. The second-order valence-corrected chi connectivity index (χ2v) is 3.30. The van der Waals surface area contributed by atoms with Crippen molar-refractivity contribution in [2.45, 2.75) is 0 Å². The molecule has 0 bridgehead atoms. The van der Waals surface area contributed by atoms with Crippen molar-refractivity contribution in [2.75, 3.05) is 0 Å². The monoisotopic (exact) mass is 187 g/mol. The maximum atomic E-state index is 8.36. The fourth-order valence-corrected chi connectivity index (χ4v) is 1.05. The predicted molar refractivity (Wildman–Crippen MR) is 34.8 cm³/mol. The molecular formula is C7H7O2Zn. The molecule has 0 saturated heterocycles. The maximum absolute atomic E-state index is 8.36. The van der Waals surface area contributed by atoms with Crippen LogP contribution in [-0.4, -0.2) is 11.6 Å². The van der Waals surface area contributed by atoms with E-state index in [0.29, 0.717) is 0 Å². The molecular weight excluding hydrogens is 181 g/mol. The number of carboxylic acid groups (broad SMARTS) is 1. The van der Waals surface area contributed by atoms with Gasteiger partial charge in [-0.2, -0.15) is 0 Å². The van der Waals surface area contributed by atoms with Crippen LogP contribution in [0.2, 0.25) is 0 Å². The first-order chi connectivity index (χ1) is 4.81. The van der Waals surface area contributed by atoms with Gasteiger partial charge in [0.05, 0.1) is 0 Å². The van der Waals surface area contributed by atoms with Crippen LogP contribution in [0.1, 0.15) is 0 Å². The summed E-state index contributed by atoms with van der Waals surface area (Å²) in [6.07, 6.45) is 0. The van der Waals surface area contributed by atoms with Crippen LogP contribution in [0.15, 0.2) is 30.3 Å². The third-order valence-electron chi connectivity index (χ3n) is 0.843. The Balaban J connectivity index is 0.000000236. The van der Waals surface area contributed by atoms with E-state index >= 15 is 0 Å². The molecule has 10 heavy (non-hydrogen) atoms. The van der Waals surface area contributed by atoms with Gasteiger partial charge in [-0.15, -0.1) is 0 Å². The summed E-state index contributed by atoms with van der Waals surface area (Å²) in [6.45, 7) is -0.250. The second-order valence-electron chi connectivity index (χ2n) is 1.59. The van der Waals surface area contributed by atoms with E-state index in [1.165, 1.54) is 22.5 Å². The van der Waals surface area contributed by atoms with Gasteiger partial charge < -0.3 is 5.11 Å². The van der Waals surface area contributed by atoms with Gasteiger partial charge >= 0.3 is 52.8 Å². The van der Waals surface area contributed by atoms with Crippen LogP contribution in [0.25, 0.3) is 0 Å². The molecule has 0 saturated carbocycles. The van der Waals surface area contributed by atoms with Crippen molar-refractivity contribution in [1.82, 2.24) is 0 Å². The third kappa shape index (κ3) is 5.45. The van der Waals surface area contributed by atoms with Crippen molar-refractivity contribution < 1.29 is 28.2 Å². The molecule has 0 spiro atoms. The Bertz CT molecular complexity index is 174. The number of benzene rings is 1. The zero-order valence-electron chi connectivity index (χ0n) is 5.53. The van der Waals surface area contributed by atoms with Crippen LogP contribution in [0, 0.1) is 0 Å². The standard InChI is InChI=1S/C6H5.CH2O2.Zn/c1-2-4-6-5-3-1;2-1-3;/h1-5H;1H,(H,2,3);. The Labute approximate surface area is 69.6 Å². The molecule has 0 aliphatic heterocycles.